The van der Waals surface area contributed by atoms with Crippen molar-refractivity contribution in [2.45, 2.75) is 105 Å². The van der Waals surface area contributed by atoms with Crippen molar-refractivity contribution < 1.29 is 28.9 Å². The molecule has 11 heteroatoms. The van der Waals surface area contributed by atoms with Gasteiger partial charge in [0.2, 0.25) is 25.1 Å². The molecule has 10 nitrogen and oxygen atoms in total. The smallest absolute Gasteiger partial charge is 0.243 e. The molecule has 0 aliphatic heterocycles. The summed E-state index contributed by atoms with van der Waals surface area (Å²) < 4.78 is 12.9. The van der Waals surface area contributed by atoms with Gasteiger partial charge in [0, 0.05) is 19.1 Å². The zero-order valence-corrected chi connectivity index (χ0v) is 27.2. The number of nitrogens with two attached hydrogens (primary N) is 1. The molecule has 1 fully saturated rings. The Morgan fingerprint density at radius 1 is 1.07 bits per heavy atom. The van der Waals surface area contributed by atoms with Crippen LogP contribution >= 0.6 is 7.37 Å². The minimum atomic E-state index is -3.57. The molecule has 3 amide bonds. The van der Waals surface area contributed by atoms with Crippen molar-refractivity contribution in [3.63, 3.8) is 0 Å². The summed E-state index contributed by atoms with van der Waals surface area (Å²) in [4.78, 5) is 52.2. The molecule has 0 spiro atoms. The molecule has 0 saturated heterocycles. The maximum atomic E-state index is 13.7. The second kappa shape index (κ2) is 16.6. The first-order valence-corrected chi connectivity index (χ1v) is 17.5. The van der Waals surface area contributed by atoms with Gasteiger partial charge in [-0.2, -0.15) is 0 Å². The fourth-order valence-corrected chi connectivity index (χ4v) is 7.69. The summed E-state index contributed by atoms with van der Waals surface area (Å²) in [7, 11) is -3.57. The standard InChI is InChI=1S/C31H53N4O6P/c1-7-12-26(37)35(25-16-11-13-22(6)28(25)34-30(38)27(32)20(2)3)29(21(4)5)31(39)33-17-24(36)19-42(40,41)18-23-14-9-8-10-15-23/h11,13,16,20-21,23-24,27,29,36H,7-10,12,14-15,17-19,32H2,1-6H3,(H,33,39)(H,34,38)(H,40,41). The van der Waals surface area contributed by atoms with Crippen LogP contribution in [0.3, 0.4) is 0 Å². The molecule has 4 atom stereocenters. The third-order valence-electron chi connectivity index (χ3n) is 7.97. The first kappa shape index (κ1) is 35.9. The summed E-state index contributed by atoms with van der Waals surface area (Å²) in [6, 6.07) is 3.55. The molecule has 42 heavy (non-hydrogen) atoms. The lowest BCUT2D eigenvalue weighted by atomic mass is 9.91. The highest BCUT2D eigenvalue weighted by atomic mass is 31.2. The molecule has 1 aliphatic rings. The van der Waals surface area contributed by atoms with Crippen molar-refractivity contribution in [1.82, 2.24) is 5.32 Å². The zero-order chi connectivity index (χ0) is 31.6. The number of nitrogens with one attached hydrogen (secondary N) is 2. The van der Waals surface area contributed by atoms with Crippen LogP contribution in [-0.4, -0.2) is 64.8 Å². The average molecular weight is 609 g/mol. The number of aliphatic hydroxyl groups excluding tert-OH is 1. The highest BCUT2D eigenvalue weighted by molar-refractivity contribution is 7.58. The van der Waals surface area contributed by atoms with E-state index in [1.807, 2.05) is 47.6 Å². The number of amides is 3. The topological polar surface area (TPSA) is 162 Å². The lowest BCUT2D eigenvalue weighted by Gasteiger charge is -2.35. The molecule has 0 bridgehead atoms. The summed E-state index contributed by atoms with van der Waals surface area (Å²) >= 11 is 0. The van der Waals surface area contributed by atoms with Crippen molar-refractivity contribution in [3.05, 3.63) is 23.8 Å². The Morgan fingerprint density at radius 3 is 2.29 bits per heavy atom. The predicted octanol–water partition coefficient (Wildman–Crippen LogP) is 4.40. The number of benzene rings is 1. The second-order valence-electron chi connectivity index (χ2n) is 12.5. The maximum Gasteiger partial charge on any atom is 0.243 e. The Balaban J connectivity index is 2.29. The SMILES string of the molecule is CCCC(=O)N(c1cccc(C)c1NC(=O)C(N)C(C)C)C(C(=O)NCC(O)CP(=O)(O)CC1CCCCC1)C(C)C. The van der Waals surface area contributed by atoms with E-state index in [9.17, 15) is 28.9 Å². The Morgan fingerprint density at radius 2 is 1.71 bits per heavy atom. The number of carbonyl (C=O) groups is 3. The Kier molecular flexibility index (Phi) is 14.2. The van der Waals surface area contributed by atoms with Crippen molar-refractivity contribution in [2.75, 3.05) is 29.1 Å². The molecule has 238 valence electrons. The van der Waals surface area contributed by atoms with E-state index in [1.54, 1.807) is 12.1 Å². The highest BCUT2D eigenvalue weighted by Crippen LogP contribution is 2.46. The first-order valence-electron chi connectivity index (χ1n) is 15.4. The fourth-order valence-electron chi connectivity index (χ4n) is 5.58. The van der Waals surface area contributed by atoms with Crippen LogP contribution in [0.15, 0.2) is 18.2 Å². The minimum Gasteiger partial charge on any atom is -0.391 e. The van der Waals surface area contributed by atoms with Gasteiger partial charge in [-0.15, -0.1) is 0 Å². The van der Waals surface area contributed by atoms with E-state index in [4.69, 9.17) is 5.73 Å². The van der Waals surface area contributed by atoms with Gasteiger partial charge in [0.15, 0.2) is 0 Å². The lowest BCUT2D eigenvalue weighted by Crippen LogP contribution is -2.54. The van der Waals surface area contributed by atoms with E-state index < -0.39 is 37.4 Å². The van der Waals surface area contributed by atoms with Crippen molar-refractivity contribution in [1.29, 1.82) is 0 Å². The lowest BCUT2D eigenvalue weighted by molar-refractivity contribution is -0.127. The normalized spacial score (nSPS) is 17.8. The van der Waals surface area contributed by atoms with Gasteiger partial charge in [-0.3, -0.25) is 23.8 Å². The van der Waals surface area contributed by atoms with Crippen LogP contribution in [0.1, 0.15) is 85.1 Å². The number of anilines is 2. The number of aryl methyl sites for hydroxylation is 1. The number of nitrogens with zero attached hydrogens (tertiary/aromatic N) is 1. The average Bonchev–Trinajstić information content (AvgIpc) is 2.90. The zero-order valence-electron chi connectivity index (χ0n) is 26.3. The third-order valence-corrected chi connectivity index (χ3v) is 10.0. The van der Waals surface area contributed by atoms with Gasteiger partial charge >= 0.3 is 0 Å². The van der Waals surface area contributed by atoms with Crippen LogP contribution in [0.25, 0.3) is 0 Å². The Bertz CT molecular complexity index is 1100. The van der Waals surface area contributed by atoms with E-state index >= 15 is 0 Å². The number of hydrogen-bond donors (Lipinski definition) is 5. The van der Waals surface area contributed by atoms with E-state index in [0.29, 0.717) is 23.4 Å². The van der Waals surface area contributed by atoms with Gasteiger partial charge in [0.1, 0.15) is 6.04 Å². The molecule has 1 aliphatic carbocycles. The van der Waals surface area contributed by atoms with Crippen LogP contribution < -0.4 is 21.3 Å². The van der Waals surface area contributed by atoms with Crippen molar-refractivity contribution in [2.24, 2.45) is 23.5 Å². The number of rotatable bonds is 15. The number of carbonyl (C=O) groups excluding carboxylic acids is 3. The second-order valence-corrected chi connectivity index (χ2v) is 15.0. The molecule has 0 radical (unpaired) electrons. The molecule has 1 saturated carbocycles. The van der Waals surface area contributed by atoms with Crippen molar-refractivity contribution in [3.8, 4) is 0 Å². The Hall–Kier alpha value is -2.26. The molecule has 2 rings (SSSR count). The van der Waals surface area contributed by atoms with Gasteiger partial charge in [-0.05, 0) is 55.6 Å². The summed E-state index contributed by atoms with van der Waals surface area (Å²) in [5, 5.41) is 16.2. The van der Waals surface area contributed by atoms with Crippen LogP contribution in [0.2, 0.25) is 0 Å². The van der Waals surface area contributed by atoms with Crippen LogP contribution in [0, 0.1) is 24.7 Å². The molecule has 0 heterocycles. The summed E-state index contributed by atoms with van der Waals surface area (Å²) in [6.45, 7) is 10.8. The quantitative estimate of drug-likeness (QED) is 0.184. The van der Waals surface area contributed by atoms with Gasteiger partial charge in [0.25, 0.3) is 0 Å². The Labute approximate surface area is 251 Å². The summed E-state index contributed by atoms with van der Waals surface area (Å²) in [5.74, 6) is -1.41. The van der Waals surface area contributed by atoms with Gasteiger partial charge in [0.05, 0.1) is 29.7 Å². The summed E-state index contributed by atoms with van der Waals surface area (Å²) in [6.07, 6.45) is 4.56. The van der Waals surface area contributed by atoms with E-state index in [-0.39, 0.29) is 49.0 Å². The third kappa shape index (κ3) is 10.5. The highest BCUT2D eigenvalue weighted by Gasteiger charge is 2.36. The van der Waals surface area contributed by atoms with E-state index in [2.05, 4.69) is 10.6 Å². The maximum absolute atomic E-state index is 13.7. The minimum absolute atomic E-state index is 0.104. The molecular formula is C31H53N4O6P. The molecule has 6 N–H and O–H groups in total. The number of para-hydroxylation sites is 1. The van der Waals surface area contributed by atoms with Gasteiger partial charge in [-0.1, -0.05) is 66.0 Å². The van der Waals surface area contributed by atoms with Gasteiger partial charge in [-0.25, -0.2) is 0 Å². The fraction of sp³-hybridized carbons (Fsp3) is 0.710. The largest absolute Gasteiger partial charge is 0.391 e. The van der Waals surface area contributed by atoms with Crippen LogP contribution in [0.5, 0.6) is 0 Å². The first-order chi connectivity index (χ1) is 19.7. The van der Waals surface area contributed by atoms with Gasteiger partial charge < -0.3 is 26.4 Å². The summed E-state index contributed by atoms with van der Waals surface area (Å²) in [5.41, 5.74) is 7.60. The number of aliphatic hydroxyl groups is 1. The van der Waals surface area contributed by atoms with Crippen LogP contribution in [-0.2, 0) is 18.9 Å². The van der Waals surface area contributed by atoms with Crippen molar-refractivity contribution >= 4 is 36.5 Å². The molecular weight excluding hydrogens is 555 g/mol. The molecule has 0 aromatic heterocycles. The molecule has 1 aromatic carbocycles. The monoisotopic (exact) mass is 608 g/mol. The van der Waals surface area contributed by atoms with Crippen LogP contribution in [0.4, 0.5) is 11.4 Å². The number of hydrogen-bond acceptors (Lipinski definition) is 6. The molecule has 1 aromatic rings. The van der Waals surface area contributed by atoms with E-state index in [1.165, 1.54) is 4.90 Å². The molecule has 4 unspecified atom stereocenters. The predicted molar refractivity (Wildman–Crippen MR) is 169 cm³/mol. The van der Waals surface area contributed by atoms with E-state index in [0.717, 1.165) is 32.1 Å².